The van der Waals surface area contributed by atoms with E-state index in [1.807, 2.05) is 26.8 Å². The number of ether oxygens (including phenoxy) is 2. The van der Waals surface area contributed by atoms with Crippen LogP contribution in [0.4, 0.5) is 0 Å². The van der Waals surface area contributed by atoms with Crippen molar-refractivity contribution in [2.24, 2.45) is 4.99 Å². The predicted molar refractivity (Wildman–Crippen MR) is 137 cm³/mol. The molecule has 0 fully saturated rings. The zero-order valence-electron chi connectivity index (χ0n) is 21.3. The molecule has 1 amide bonds. The smallest absolute Gasteiger partial charge is 0.341 e. The summed E-state index contributed by atoms with van der Waals surface area (Å²) in [5.74, 6) is -1.28. The van der Waals surface area contributed by atoms with Gasteiger partial charge in [0.25, 0.3) is 11.5 Å². The quantitative estimate of drug-likeness (QED) is 0.206. The van der Waals surface area contributed by atoms with Gasteiger partial charge >= 0.3 is 5.97 Å². The van der Waals surface area contributed by atoms with E-state index < -0.39 is 11.9 Å². The molecule has 0 spiro atoms. The molecule has 4 aromatic rings. The molecule has 4 rings (SSSR count). The Bertz CT molecular complexity index is 1590. The van der Waals surface area contributed by atoms with Crippen LogP contribution in [0.15, 0.2) is 58.7 Å². The van der Waals surface area contributed by atoms with Gasteiger partial charge in [0.1, 0.15) is 16.9 Å². The highest BCUT2D eigenvalue weighted by atomic mass is 16.5. The van der Waals surface area contributed by atoms with Crippen LogP contribution in [0, 0.1) is 6.92 Å². The number of nitrogens with zero attached hydrogens (tertiary/aromatic N) is 5. The van der Waals surface area contributed by atoms with Gasteiger partial charge in [0, 0.05) is 31.7 Å². The van der Waals surface area contributed by atoms with E-state index in [4.69, 9.17) is 14.5 Å². The van der Waals surface area contributed by atoms with Crippen LogP contribution in [0.1, 0.15) is 53.5 Å². The minimum atomic E-state index is -0.692. The summed E-state index contributed by atoms with van der Waals surface area (Å²) in [4.78, 5) is 52.8. The van der Waals surface area contributed by atoms with Crippen LogP contribution >= 0.6 is 0 Å². The molecule has 0 saturated carbocycles. The Kier molecular flexibility index (Phi) is 7.88. The van der Waals surface area contributed by atoms with Crippen molar-refractivity contribution in [1.82, 2.24) is 18.9 Å². The maximum absolute atomic E-state index is 13.5. The fourth-order valence-electron chi connectivity index (χ4n) is 3.97. The molecular formula is C27H29N5O5. The second kappa shape index (κ2) is 11.3. The van der Waals surface area contributed by atoms with Gasteiger partial charge in [0.05, 0.1) is 23.7 Å². The van der Waals surface area contributed by atoms with Crippen molar-refractivity contribution < 1.29 is 19.1 Å². The topological polar surface area (TPSA) is 117 Å². The van der Waals surface area contributed by atoms with Crippen LogP contribution in [-0.2, 0) is 16.0 Å². The highest BCUT2D eigenvalue weighted by molar-refractivity contribution is 5.97. The molecule has 10 heteroatoms. The Hall–Kier alpha value is -4.18. The summed E-state index contributed by atoms with van der Waals surface area (Å²) in [6.45, 7) is 8.26. The first kappa shape index (κ1) is 25.9. The van der Waals surface area contributed by atoms with Crippen LogP contribution in [-0.4, -0.2) is 50.1 Å². The van der Waals surface area contributed by atoms with E-state index in [9.17, 15) is 14.4 Å². The Balaban J connectivity index is 2.06. The van der Waals surface area contributed by atoms with Gasteiger partial charge in [-0.3, -0.25) is 19.0 Å². The monoisotopic (exact) mass is 503 g/mol. The molecule has 0 aromatic carbocycles. The second-order valence-corrected chi connectivity index (χ2v) is 8.72. The second-order valence-electron chi connectivity index (χ2n) is 8.72. The Morgan fingerprint density at radius 2 is 1.97 bits per heavy atom. The number of fused-ring (bicyclic) bond motifs is 2. The van der Waals surface area contributed by atoms with Gasteiger partial charge in [-0.05, 0) is 63.9 Å². The first-order valence-corrected chi connectivity index (χ1v) is 12.1. The molecule has 0 N–H and O–H groups in total. The van der Waals surface area contributed by atoms with Crippen LogP contribution < -0.4 is 11.0 Å². The van der Waals surface area contributed by atoms with Gasteiger partial charge in [0.15, 0.2) is 5.49 Å². The van der Waals surface area contributed by atoms with Crippen molar-refractivity contribution >= 4 is 28.6 Å². The maximum atomic E-state index is 13.5. The number of aromatic nitrogens is 4. The molecule has 0 bridgehead atoms. The van der Waals surface area contributed by atoms with Crippen molar-refractivity contribution in [3.8, 4) is 0 Å². The van der Waals surface area contributed by atoms with Gasteiger partial charge in [-0.15, -0.1) is 0 Å². The Morgan fingerprint density at radius 3 is 2.68 bits per heavy atom. The van der Waals surface area contributed by atoms with Crippen molar-refractivity contribution in [3.05, 3.63) is 81.5 Å². The average molecular weight is 504 g/mol. The normalized spacial score (nSPS) is 12.0. The molecule has 4 heterocycles. The number of amides is 1. The van der Waals surface area contributed by atoms with E-state index in [1.54, 1.807) is 42.1 Å². The summed E-state index contributed by atoms with van der Waals surface area (Å²) in [5.41, 5.74) is 1.57. The summed E-state index contributed by atoms with van der Waals surface area (Å²) in [7, 11) is 0. The molecule has 0 radical (unpaired) electrons. The van der Waals surface area contributed by atoms with E-state index in [1.165, 1.54) is 16.7 Å². The standard InChI is InChI=1S/C27H29N5O5/c1-5-36-27(35)21-15-20-23(29-22-18(4)9-7-12-32(22)26(20)34)31(13-8-14-37-17(2)3)24(21)30-25(33)19-10-6-11-28-16-19/h6-7,9-12,15-17H,5,8,13-14H2,1-4H3. The molecule has 10 nitrogen and oxygen atoms in total. The number of hydrogen-bond acceptors (Lipinski definition) is 7. The Labute approximate surface area is 213 Å². The minimum absolute atomic E-state index is 0.00266. The number of aryl methyl sites for hydroxylation is 2. The molecule has 37 heavy (non-hydrogen) atoms. The molecular weight excluding hydrogens is 474 g/mol. The first-order valence-electron chi connectivity index (χ1n) is 12.1. The van der Waals surface area contributed by atoms with E-state index in [0.29, 0.717) is 30.9 Å². The zero-order valence-corrected chi connectivity index (χ0v) is 21.3. The van der Waals surface area contributed by atoms with E-state index in [-0.39, 0.29) is 40.3 Å². The lowest BCUT2D eigenvalue weighted by atomic mass is 10.2. The molecule has 0 aliphatic heterocycles. The fourth-order valence-corrected chi connectivity index (χ4v) is 3.97. The van der Waals surface area contributed by atoms with Gasteiger partial charge < -0.3 is 14.0 Å². The number of rotatable bonds is 8. The summed E-state index contributed by atoms with van der Waals surface area (Å²) >= 11 is 0. The first-order chi connectivity index (χ1) is 17.8. The lowest BCUT2D eigenvalue weighted by molar-refractivity contribution is 0.0523. The van der Waals surface area contributed by atoms with Gasteiger partial charge in [0.2, 0.25) is 0 Å². The van der Waals surface area contributed by atoms with Crippen molar-refractivity contribution in [2.45, 2.75) is 46.8 Å². The number of carbonyl (C=O) groups is 2. The highest BCUT2D eigenvalue weighted by Crippen LogP contribution is 2.14. The number of hydrogen-bond donors (Lipinski definition) is 0. The molecule has 0 saturated heterocycles. The number of carbonyl (C=O) groups excluding carboxylic acids is 2. The third-order valence-electron chi connectivity index (χ3n) is 5.69. The minimum Gasteiger partial charge on any atom is -0.462 e. The lowest BCUT2D eigenvalue weighted by Crippen LogP contribution is -2.33. The van der Waals surface area contributed by atoms with E-state index in [0.717, 1.165) is 5.56 Å². The third kappa shape index (κ3) is 5.49. The van der Waals surface area contributed by atoms with Gasteiger partial charge in [-0.1, -0.05) is 6.07 Å². The van der Waals surface area contributed by atoms with Crippen LogP contribution in [0.2, 0.25) is 0 Å². The SMILES string of the molecule is CCOC(=O)c1cc2c(=O)n3cccc(C)c3nc2n(CCCOC(C)C)c1=NC(=O)c1cccnc1. The number of esters is 1. The van der Waals surface area contributed by atoms with E-state index in [2.05, 4.69) is 9.98 Å². The van der Waals surface area contributed by atoms with Crippen molar-refractivity contribution in [1.29, 1.82) is 0 Å². The summed E-state index contributed by atoms with van der Waals surface area (Å²) < 4.78 is 14.0. The summed E-state index contributed by atoms with van der Waals surface area (Å²) in [6.07, 6.45) is 5.16. The Morgan fingerprint density at radius 1 is 1.16 bits per heavy atom. The fraction of sp³-hybridized carbons (Fsp3) is 0.333. The molecule has 4 aromatic heterocycles. The van der Waals surface area contributed by atoms with Crippen LogP contribution in [0.25, 0.3) is 16.7 Å². The van der Waals surface area contributed by atoms with Crippen molar-refractivity contribution in [3.63, 3.8) is 0 Å². The molecule has 0 unspecified atom stereocenters. The van der Waals surface area contributed by atoms with Gasteiger partial charge in [-0.2, -0.15) is 4.99 Å². The van der Waals surface area contributed by atoms with Crippen LogP contribution in [0.3, 0.4) is 0 Å². The molecule has 0 aliphatic carbocycles. The molecule has 0 atom stereocenters. The van der Waals surface area contributed by atoms with E-state index >= 15 is 0 Å². The number of pyridine rings is 3. The van der Waals surface area contributed by atoms with Crippen molar-refractivity contribution in [2.75, 3.05) is 13.2 Å². The summed E-state index contributed by atoms with van der Waals surface area (Å²) in [5, 5.41) is 0.212. The van der Waals surface area contributed by atoms with Crippen LogP contribution in [0.5, 0.6) is 0 Å². The maximum Gasteiger partial charge on any atom is 0.341 e. The van der Waals surface area contributed by atoms with Gasteiger partial charge in [-0.25, -0.2) is 9.78 Å². The summed E-state index contributed by atoms with van der Waals surface area (Å²) in [6, 6.07) is 8.25. The highest BCUT2D eigenvalue weighted by Gasteiger charge is 2.20. The lowest BCUT2D eigenvalue weighted by Gasteiger charge is -2.16. The largest absolute Gasteiger partial charge is 0.462 e. The molecule has 192 valence electrons. The average Bonchev–Trinajstić information content (AvgIpc) is 2.88. The third-order valence-corrected chi connectivity index (χ3v) is 5.69. The zero-order chi connectivity index (χ0) is 26.5. The molecule has 0 aliphatic rings. The predicted octanol–water partition coefficient (Wildman–Crippen LogP) is 3.09.